The minimum atomic E-state index is -0.523. The Morgan fingerprint density at radius 2 is 1.62 bits per heavy atom. The maximum absolute atomic E-state index is 12.4. The van der Waals surface area contributed by atoms with Crippen LogP contribution in [-0.2, 0) is 29.2 Å². The summed E-state index contributed by atoms with van der Waals surface area (Å²) < 4.78 is 13.0. The minimum Gasteiger partial charge on any atom is -0.392 e. The van der Waals surface area contributed by atoms with E-state index in [-0.39, 0.29) is 24.7 Å². The van der Waals surface area contributed by atoms with Gasteiger partial charge >= 0.3 is 0 Å². The van der Waals surface area contributed by atoms with Gasteiger partial charge in [-0.15, -0.1) is 0 Å². The highest BCUT2D eigenvalue weighted by atomic mass is 16.7. The zero-order valence-corrected chi connectivity index (χ0v) is 22.6. The van der Waals surface area contributed by atoms with E-state index >= 15 is 0 Å². The van der Waals surface area contributed by atoms with Crippen LogP contribution in [-0.4, -0.2) is 40.6 Å². The highest BCUT2D eigenvalue weighted by molar-refractivity contribution is 5.93. The van der Waals surface area contributed by atoms with Gasteiger partial charge in [-0.25, -0.2) is 0 Å². The van der Waals surface area contributed by atoms with E-state index in [1.54, 1.807) is 24.5 Å². The van der Waals surface area contributed by atoms with Gasteiger partial charge in [0, 0.05) is 44.0 Å². The summed E-state index contributed by atoms with van der Waals surface area (Å²) in [7, 11) is 2.11. The van der Waals surface area contributed by atoms with Crippen LogP contribution in [0.2, 0.25) is 0 Å². The Kier molecular flexibility index (Phi) is 9.31. The first-order valence-electron chi connectivity index (χ1n) is 13.6. The number of nitrogens with one attached hydrogen (secondary N) is 1. The number of amides is 1. The number of aliphatic hydroxyl groups is 1. The van der Waals surface area contributed by atoms with Crippen LogP contribution in [0.25, 0.3) is 0 Å². The van der Waals surface area contributed by atoms with Gasteiger partial charge in [-0.2, -0.15) is 0 Å². The number of ether oxygens (including phenoxy) is 2. The first kappa shape index (κ1) is 27.7. The lowest BCUT2D eigenvalue weighted by Crippen LogP contribution is -2.37. The highest BCUT2D eigenvalue weighted by Gasteiger charge is 2.32. The Morgan fingerprint density at radius 1 is 0.900 bits per heavy atom. The quantitative estimate of drug-likeness (QED) is 0.290. The number of likely N-dealkylation sites (N-methyl/N-ethyl adjacent to an activating group) is 1. The maximum Gasteiger partial charge on any atom is 0.253 e. The van der Waals surface area contributed by atoms with Crippen molar-refractivity contribution in [2.24, 2.45) is 0 Å². The number of aliphatic hydroxyl groups excluding tert-OH is 1. The van der Waals surface area contributed by atoms with Crippen LogP contribution in [0.5, 0.6) is 0 Å². The molecule has 1 aliphatic heterocycles. The Labute approximate surface area is 235 Å². The second-order valence-corrected chi connectivity index (χ2v) is 10.2. The van der Waals surface area contributed by atoms with Crippen LogP contribution in [0.15, 0.2) is 103 Å². The number of benzene rings is 3. The summed E-state index contributed by atoms with van der Waals surface area (Å²) in [5.74, 6) is -0.159. The molecule has 2 heterocycles. The van der Waals surface area contributed by atoms with Crippen molar-refractivity contribution < 1.29 is 19.4 Å². The molecule has 206 valence electrons. The van der Waals surface area contributed by atoms with E-state index < -0.39 is 6.29 Å². The molecule has 0 aliphatic carbocycles. The fourth-order valence-corrected chi connectivity index (χ4v) is 4.91. The third kappa shape index (κ3) is 7.40. The average Bonchev–Trinajstić information content (AvgIpc) is 3.01. The fourth-order valence-electron chi connectivity index (χ4n) is 4.91. The van der Waals surface area contributed by atoms with Crippen LogP contribution in [0, 0.1) is 0 Å². The van der Waals surface area contributed by atoms with Gasteiger partial charge in [-0.1, -0.05) is 78.9 Å². The van der Waals surface area contributed by atoms with Crippen molar-refractivity contribution in [1.82, 2.24) is 15.2 Å². The highest BCUT2D eigenvalue weighted by Crippen LogP contribution is 2.38. The molecule has 3 atom stereocenters. The number of nitrogens with zero attached hydrogens (tertiary/aromatic N) is 2. The van der Waals surface area contributed by atoms with E-state index in [9.17, 15) is 9.90 Å². The molecule has 2 N–H and O–H groups in total. The lowest BCUT2D eigenvalue weighted by Gasteiger charge is -2.38. The summed E-state index contributed by atoms with van der Waals surface area (Å²) in [5.41, 5.74) is 5.64. The molecule has 7 heteroatoms. The molecule has 3 aromatic carbocycles. The molecule has 1 fully saturated rings. The standard InChI is InChI=1S/C33H35N3O4/c1-36(21-25-6-3-2-4-7-25)22-30-18-31(27-13-11-26(23-37)12-14-27)40-33(39-30)28-15-9-24(10-16-28)19-35-32(38)29-8-5-17-34-20-29/h2-17,20,30-31,33,37H,18-19,21-23H2,1H3,(H,35,38). The largest absolute Gasteiger partial charge is 0.392 e. The van der Waals surface area contributed by atoms with E-state index in [0.29, 0.717) is 12.1 Å². The second-order valence-electron chi connectivity index (χ2n) is 10.2. The third-order valence-electron chi connectivity index (χ3n) is 7.05. The molecule has 1 aromatic heterocycles. The Hall–Kier alpha value is -3.88. The maximum atomic E-state index is 12.4. The zero-order chi connectivity index (χ0) is 27.7. The van der Waals surface area contributed by atoms with Crippen molar-refractivity contribution >= 4 is 5.91 Å². The number of carbonyl (C=O) groups excluding carboxylic acids is 1. The molecular formula is C33H35N3O4. The van der Waals surface area contributed by atoms with E-state index in [4.69, 9.17) is 9.47 Å². The topological polar surface area (TPSA) is 83.9 Å². The van der Waals surface area contributed by atoms with Crippen molar-refractivity contribution in [3.8, 4) is 0 Å². The SMILES string of the molecule is CN(Cc1ccccc1)CC1CC(c2ccc(CO)cc2)OC(c2ccc(CNC(=O)c3cccnc3)cc2)O1. The molecule has 0 saturated carbocycles. The van der Waals surface area contributed by atoms with Crippen LogP contribution < -0.4 is 5.32 Å². The number of pyridine rings is 1. The van der Waals surface area contributed by atoms with Crippen molar-refractivity contribution in [3.05, 3.63) is 137 Å². The van der Waals surface area contributed by atoms with E-state index in [1.165, 1.54) is 5.56 Å². The predicted molar refractivity (Wildman–Crippen MR) is 153 cm³/mol. The monoisotopic (exact) mass is 537 g/mol. The number of hydrogen-bond donors (Lipinski definition) is 2. The Balaban J connectivity index is 1.27. The number of hydrogen-bond acceptors (Lipinski definition) is 6. The van der Waals surface area contributed by atoms with Crippen LogP contribution in [0.1, 0.15) is 57.0 Å². The Bertz CT molecular complexity index is 1350. The summed E-state index contributed by atoms with van der Waals surface area (Å²) in [6.45, 7) is 2.02. The number of carbonyl (C=O) groups is 1. The first-order valence-corrected chi connectivity index (χ1v) is 13.6. The smallest absolute Gasteiger partial charge is 0.253 e. The van der Waals surface area contributed by atoms with Crippen molar-refractivity contribution in [2.75, 3.05) is 13.6 Å². The van der Waals surface area contributed by atoms with Gasteiger partial charge in [0.05, 0.1) is 24.4 Å². The molecule has 0 bridgehead atoms. The van der Waals surface area contributed by atoms with Gasteiger partial charge in [0.2, 0.25) is 0 Å². The fraction of sp³-hybridized carbons (Fsp3) is 0.273. The molecule has 0 radical (unpaired) electrons. The lowest BCUT2D eigenvalue weighted by atomic mass is 9.99. The van der Waals surface area contributed by atoms with Gasteiger partial charge in [0.1, 0.15) is 0 Å². The summed E-state index contributed by atoms with van der Waals surface area (Å²) in [4.78, 5) is 18.7. The van der Waals surface area contributed by atoms with Gasteiger partial charge in [0.25, 0.3) is 5.91 Å². The summed E-state index contributed by atoms with van der Waals surface area (Å²) in [6.07, 6.45) is 3.23. The lowest BCUT2D eigenvalue weighted by molar-refractivity contribution is -0.252. The van der Waals surface area contributed by atoms with E-state index in [1.807, 2.05) is 54.6 Å². The molecule has 1 amide bonds. The molecule has 5 rings (SSSR count). The van der Waals surface area contributed by atoms with Crippen LogP contribution in [0.4, 0.5) is 0 Å². The molecule has 3 unspecified atom stereocenters. The number of aromatic nitrogens is 1. The molecule has 40 heavy (non-hydrogen) atoms. The Morgan fingerprint density at radius 3 is 2.33 bits per heavy atom. The molecule has 0 spiro atoms. The summed E-state index contributed by atoms with van der Waals surface area (Å²) >= 11 is 0. The predicted octanol–water partition coefficient (Wildman–Crippen LogP) is 5.18. The van der Waals surface area contributed by atoms with Crippen LogP contribution >= 0.6 is 0 Å². The van der Waals surface area contributed by atoms with E-state index in [2.05, 4.69) is 46.5 Å². The van der Waals surface area contributed by atoms with Gasteiger partial charge < -0.3 is 19.9 Å². The molecule has 1 saturated heterocycles. The molecule has 4 aromatic rings. The molecule has 1 aliphatic rings. The summed E-state index contributed by atoms with van der Waals surface area (Å²) in [6, 6.07) is 29.8. The van der Waals surface area contributed by atoms with E-state index in [0.717, 1.165) is 41.8 Å². The second kappa shape index (κ2) is 13.5. The number of rotatable bonds is 10. The molecule has 7 nitrogen and oxygen atoms in total. The van der Waals surface area contributed by atoms with Gasteiger partial charge in [-0.3, -0.25) is 14.7 Å². The minimum absolute atomic E-state index is 0.0134. The first-order chi connectivity index (χ1) is 19.6. The van der Waals surface area contributed by atoms with Gasteiger partial charge in [-0.05, 0) is 41.4 Å². The van der Waals surface area contributed by atoms with Crippen LogP contribution in [0.3, 0.4) is 0 Å². The van der Waals surface area contributed by atoms with Crippen molar-refractivity contribution in [1.29, 1.82) is 0 Å². The zero-order valence-electron chi connectivity index (χ0n) is 22.6. The third-order valence-corrected chi connectivity index (χ3v) is 7.05. The normalized spacial score (nSPS) is 18.9. The van der Waals surface area contributed by atoms with Crippen molar-refractivity contribution in [3.63, 3.8) is 0 Å². The summed E-state index contributed by atoms with van der Waals surface area (Å²) in [5, 5.41) is 12.4. The molecular weight excluding hydrogens is 502 g/mol. The van der Waals surface area contributed by atoms with Crippen molar-refractivity contribution in [2.45, 2.75) is 44.6 Å². The van der Waals surface area contributed by atoms with Gasteiger partial charge in [0.15, 0.2) is 6.29 Å². The average molecular weight is 538 g/mol.